The van der Waals surface area contributed by atoms with E-state index in [0.717, 1.165) is 34.7 Å². The number of methoxy groups -OCH3 is 1. The summed E-state index contributed by atoms with van der Waals surface area (Å²) in [5, 5.41) is 2.90. The zero-order valence-electron chi connectivity index (χ0n) is 15.2. The molecule has 0 bridgehead atoms. The van der Waals surface area contributed by atoms with Gasteiger partial charge in [-0.3, -0.25) is 4.90 Å². The Bertz CT molecular complexity index is 1020. The predicted molar refractivity (Wildman–Crippen MR) is 102 cm³/mol. The lowest BCUT2D eigenvalue weighted by molar-refractivity contribution is 0.242. The largest absolute Gasteiger partial charge is 0.497 e. The van der Waals surface area contributed by atoms with Gasteiger partial charge in [-0.25, -0.2) is 13.6 Å². The number of amides is 2. The third-order valence-electron chi connectivity index (χ3n) is 4.83. The lowest BCUT2D eigenvalue weighted by atomic mass is 9.94. The maximum absolute atomic E-state index is 13.7. The summed E-state index contributed by atoms with van der Waals surface area (Å²) in [6.07, 6.45) is 0. The van der Waals surface area contributed by atoms with Gasteiger partial charge >= 0.3 is 6.03 Å². The van der Waals surface area contributed by atoms with Crippen molar-refractivity contribution < 1.29 is 18.3 Å². The zero-order chi connectivity index (χ0) is 19.7. The van der Waals surface area contributed by atoms with Crippen LogP contribution in [-0.2, 0) is 6.54 Å². The van der Waals surface area contributed by atoms with Crippen LogP contribution in [0.15, 0.2) is 66.7 Å². The highest BCUT2D eigenvalue weighted by Crippen LogP contribution is 2.36. The molecule has 1 aliphatic heterocycles. The minimum atomic E-state index is -0.940. The van der Waals surface area contributed by atoms with Crippen molar-refractivity contribution in [2.45, 2.75) is 12.6 Å². The number of anilines is 1. The van der Waals surface area contributed by atoms with E-state index >= 15 is 0 Å². The molecule has 1 heterocycles. The van der Waals surface area contributed by atoms with Gasteiger partial charge in [0.1, 0.15) is 5.75 Å². The number of hydrogen-bond acceptors (Lipinski definition) is 2. The van der Waals surface area contributed by atoms with E-state index < -0.39 is 17.7 Å². The maximum Gasteiger partial charge on any atom is 0.322 e. The highest BCUT2D eigenvalue weighted by molar-refractivity contribution is 5.96. The van der Waals surface area contributed by atoms with Gasteiger partial charge in [0.25, 0.3) is 0 Å². The second kappa shape index (κ2) is 7.31. The van der Waals surface area contributed by atoms with Crippen molar-refractivity contribution in [1.82, 2.24) is 5.32 Å². The van der Waals surface area contributed by atoms with Gasteiger partial charge < -0.3 is 10.1 Å². The second-order valence-electron chi connectivity index (χ2n) is 6.55. The number of hydrogen-bond donors (Lipinski definition) is 1. The summed E-state index contributed by atoms with van der Waals surface area (Å²) < 4.78 is 32.2. The number of halogens is 2. The third kappa shape index (κ3) is 3.29. The molecule has 1 atom stereocenters. The van der Waals surface area contributed by atoms with Crippen molar-refractivity contribution in [2.24, 2.45) is 0 Å². The molecule has 1 aliphatic rings. The summed E-state index contributed by atoms with van der Waals surface area (Å²) in [6, 6.07) is 17.7. The number of nitrogens with zero attached hydrogens (tertiary/aromatic N) is 1. The Morgan fingerprint density at radius 3 is 2.46 bits per heavy atom. The Morgan fingerprint density at radius 1 is 1.00 bits per heavy atom. The van der Waals surface area contributed by atoms with Crippen LogP contribution in [0.1, 0.15) is 22.7 Å². The second-order valence-corrected chi connectivity index (χ2v) is 6.55. The number of benzene rings is 3. The fraction of sp³-hybridized carbons (Fsp3) is 0.136. The lowest BCUT2D eigenvalue weighted by Gasteiger charge is -2.35. The number of nitrogens with one attached hydrogen (secondary N) is 1. The van der Waals surface area contributed by atoms with Crippen LogP contribution in [0, 0.1) is 11.6 Å². The average molecular weight is 380 g/mol. The monoisotopic (exact) mass is 380 g/mol. The number of rotatable bonds is 4. The SMILES string of the molecule is COc1ccc(CN2C(=O)NC(c3ccc(F)c(F)c3)c3ccccc32)cc1. The fourth-order valence-corrected chi connectivity index (χ4v) is 3.39. The van der Waals surface area contributed by atoms with Crippen LogP contribution in [0.4, 0.5) is 19.3 Å². The minimum absolute atomic E-state index is 0.302. The minimum Gasteiger partial charge on any atom is -0.497 e. The van der Waals surface area contributed by atoms with E-state index in [-0.39, 0.29) is 6.03 Å². The van der Waals surface area contributed by atoms with Crippen LogP contribution in [0.5, 0.6) is 5.75 Å². The van der Waals surface area contributed by atoms with E-state index in [4.69, 9.17) is 4.74 Å². The molecule has 0 radical (unpaired) electrons. The smallest absolute Gasteiger partial charge is 0.322 e. The highest BCUT2D eigenvalue weighted by atomic mass is 19.2. The molecule has 2 amide bonds. The van der Waals surface area contributed by atoms with E-state index in [0.29, 0.717) is 12.1 Å². The molecule has 6 heteroatoms. The molecule has 0 saturated heterocycles. The topological polar surface area (TPSA) is 41.6 Å². The number of urea groups is 1. The van der Waals surface area contributed by atoms with Crippen LogP contribution in [0.2, 0.25) is 0 Å². The summed E-state index contributed by atoms with van der Waals surface area (Å²) in [7, 11) is 1.60. The number of carbonyl (C=O) groups excluding carboxylic acids is 1. The Hall–Kier alpha value is -3.41. The molecule has 3 aromatic rings. The van der Waals surface area contributed by atoms with Crippen LogP contribution in [0.3, 0.4) is 0 Å². The lowest BCUT2D eigenvalue weighted by Crippen LogP contribution is -2.46. The highest BCUT2D eigenvalue weighted by Gasteiger charge is 2.31. The van der Waals surface area contributed by atoms with E-state index in [1.807, 2.05) is 48.5 Å². The van der Waals surface area contributed by atoms with E-state index in [9.17, 15) is 13.6 Å². The summed E-state index contributed by atoms with van der Waals surface area (Å²) in [4.78, 5) is 14.5. The molecule has 0 saturated carbocycles. The Morgan fingerprint density at radius 2 is 1.75 bits per heavy atom. The molecule has 0 spiro atoms. The van der Waals surface area contributed by atoms with Crippen molar-refractivity contribution in [1.29, 1.82) is 0 Å². The van der Waals surface area contributed by atoms with Crippen LogP contribution < -0.4 is 15.0 Å². The molecule has 28 heavy (non-hydrogen) atoms. The molecular weight excluding hydrogens is 362 g/mol. The van der Waals surface area contributed by atoms with Gasteiger partial charge in [-0.15, -0.1) is 0 Å². The normalized spacial score (nSPS) is 15.8. The quantitative estimate of drug-likeness (QED) is 0.707. The number of carbonyl (C=O) groups is 1. The third-order valence-corrected chi connectivity index (χ3v) is 4.83. The Balaban J connectivity index is 1.69. The molecule has 4 nitrogen and oxygen atoms in total. The number of fused-ring (bicyclic) bond motifs is 1. The van der Waals surface area contributed by atoms with Crippen molar-refractivity contribution in [3.8, 4) is 5.75 Å². The van der Waals surface area contributed by atoms with E-state index in [1.165, 1.54) is 6.07 Å². The first-order valence-electron chi connectivity index (χ1n) is 8.81. The van der Waals surface area contributed by atoms with Crippen molar-refractivity contribution in [3.63, 3.8) is 0 Å². The summed E-state index contributed by atoms with van der Waals surface area (Å²) in [6.45, 7) is 0.372. The van der Waals surface area contributed by atoms with Gasteiger partial charge in [-0.1, -0.05) is 36.4 Å². The number of para-hydroxylation sites is 1. The summed E-state index contributed by atoms with van der Waals surface area (Å²) in [5.74, 6) is -1.11. The first-order chi connectivity index (χ1) is 13.6. The standard InChI is InChI=1S/C22H18F2N2O2/c1-28-16-9-6-14(7-10-16)13-26-20-5-3-2-4-17(20)21(25-22(26)27)15-8-11-18(23)19(24)12-15/h2-12,21H,13H2,1H3,(H,25,27). The molecule has 0 aromatic heterocycles. The Labute approximate surface area is 161 Å². The van der Waals surface area contributed by atoms with Crippen molar-refractivity contribution in [2.75, 3.05) is 12.0 Å². The van der Waals surface area contributed by atoms with Gasteiger partial charge in [-0.2, -0.15) is 0 Å². The van der Waals surface area contributed by atoms with Gasteiger partial charge in [0, 0.05) is 5.56 Å². The van der Waals surface area contributed by atoms with Crippen LogP contribution in [0.25, 0.3) is 0 Å². The van der Waals surface area contributed by atoms with Crippen molar-refractivity contribution >= 4 is 11.7 Å². The van der Waals surface area contributed by atoms with Gasteiger partial charge in [0.15, 0.2) is 11.6 Å². The van der Waals surface area contributed by atoms with Crippen molar-refractivity contribution in [3.05, 3.63) is 95.1 Å². The van der Waals surface area contributed by atoms with E-state index in [2.05, 4.69) is 5.32 Å². The maximum atomic E-state index is 13.7. The molecule has 1 unspecified atom stereocenters. The molecule has 0 aliphatic carbocycles. The van der Waals surface area contributed by atoms with Gasteiger partial charge in [0.05, 0.1) is 25.4 Å². The van der Waals surface area contributed by atoms with Crippen LogP contribution >= 0.6 is 0 Å². The number of ether oxygens (including phenoxy) is 1. The Kier molecular flexibility index (Phi) is 4.69. The zero-order valence-corrected chi connectivity index (χ0v) is 15.2. The molecular formula is C22H18F2N2O2. The first-order valence-corrected chi connectivity index (χ1v) is 8.81. The first kappa shape index (κ1) is 18.0. The van der Waals surface area contributed by atoms with E-state index in [1.54, 1.807) is 12.0 Å². The molecule has 142 valence electrons. The van der Waals surface area contributed by atoms with Gasteiger partial charge in [0.2, 0.25) is 0 Å². The van der Waals surface area contributed by atoms with Gasteiger partial charge in [-0.05, 0) is 41.5 Å². The average Bonchev–Trinajstić information content (AvgIpc) is 2.72. The molecule has 3 aromatic carbocycles. The van der Waals surface area contributed by atoms with Crippen LogP contribution in [-0.4, -0.2) is 13.1 Å². The molecule has 4 rings (SSSR count). The fourth-order valence-electron chi connectivity index (χ4n) is 3.39. The molecule has 0 fully saturated rings. The predicted octanol–water partition coefficient (Wildman–Crippen LogP) is 4.79. The summed E-state index contributed by atoms with van der Waals surface area (Å²) in [5.41, 5.74) is 2.99. The summed E-state index contributed by atoms with van der Waals surface area (Å²) >= 11 is 0. The molecule has 1 N–H and O–H groups in total.